The largest absolute Gasteiger partial charge is 0.497 e. The van der Waals surface area contributed by atoms with Gasteiger partial charge in [-0.15, -0.1) is 5.11 Å². The summed E-state index contributed by atoms with van der Waals surface area (Å²) in [6.07, 6.45) is 0. The first-order valence-corrected chi connectivity index (χ1v) is 12.2. The van der Waals surface area contributed by atoms with E-state index in [0.29, 0.717) is 5.02 Å². The zero-order valence-corrected chi connectivity index (χ0v) is 20.7. The molecule has 2 heterocycles. The van der Waals surface area contributed by atoms with Crippen molar-refractivity contribution in [3.63, 3.8) is 0 Å². The first kappa shape index (κ1) is 22.3. The van der Waals surface area contributed by atoms with Gasteiger partial charge in [-0.1, -0.05) is 46.6 Å². The minimum absolute atomic E-state index is 0.0546. The highest BCUT2D eigenvalue weighted by molar-refractivity contribution is 6.30. The number of aromatic nitrogens is 1. The molecule has 4 aromatic carbocycles. The summed E-state index contributed by atoms with van der Waals surface area (Å²) in [6.45, 7) is 2.12. The molecule has 1 aromatic heterocycles. The lowest BCUT2D eigenvalue weighted by molar-refractivity contribution is 0.415. The summed E-state index contributed by atoms with van der Waals surface area (Å²) < 4.78 is 7.25. The Morgan fingerprint density at radius 2 is 1.58 bits per heavy atom. The van der Waals surface area contributed by atoms with E-state index < -0.39 is 0 Å². The van der Waals surface area contributed by atoms with E-state index in [-0.39, 0.29) is 6.04 Å². The van der Waals surface area contributed by atoms with Gasteiger partial charge >= 0.3 is 5.82 Å². The minimum Gasteiger partial charge on any atom is -0.497 e. The number of hydrogen-bond acceptors (Lipinski definition) is 4. The van der Waals surface area contributed by atoms with Gasteiger partial charge in [0.05, 0.1) is 12.7 Å². The predicted molar refractivity (Wildman–Crippen MR) is 147 cm³/mol. The Labute approximate surface area is 214 Å². The van der Waals surface area contributed by atoms with Gasteiger partial charge in [0, 0.05) is 27.3 Å². The molecular weight excluding hydrogens is 468 g/mol. The number of benzene rings is 4. The Morgan fingerprint density at radius 1 is 0.861 bits per heavy atom. The lowest BCUT2D eigenvalue weighted by atomic mass is 9.92. The van der Waals surface area contributed by atoms with Crippen LogP contribution in [0.25, 0.3) is 22.0 Å². The lowest BCUT2D eigenvalue weighted by Crippen LogP contribution is -2.02. The monoisotopic (exact) mass is 491 g/mol. The van der Waals surface area contributed by atoms with E-state index >= 15 is 0 Å². The van der Waals surface area contributed by atoms with E-state index in [1.807, 2.05) is 59.3 Å². The molecule has 6 heteroatoms. The number of nitrogens with zero attached hydrogens (tertiary/aromatic N) is 3. The Kier molecular flexibility index (Phi) is 5.62. The highest BCUT2D eigenvalue weighted by atomic mass is 35.5. The second-order valence-corrected chi connectivity index (χ2v) is 9.19. The number of azo groups is 2. The van der Waals surface area contributed by atoms with E-state index in [4.69, 9.17) is 26.4 Å². The molecule has 0 fully saturated rings. The van der Waals surface area contributed by atoms with Gasteiger partial charge in [0.25, 0.3) is 0 Å². The highest BCUT2D eigenvalue weighted by Crippen LogP contribution is 2.46. The summed E-state index contributed by atoms with van der Waals surface area (Å²) in [5.74, 6) is 1.69. The summed E-state index contributed by atoms with van der Waals surface area (Å²) in [4.78, 5) is 5.10. The third-order valence-corrected chi connectivity index (χ3v) is 6.67. The molecule has 1 aliphatic heterocycles. The molecular formula is C30H24ClN4O+. The fourth-order valence-corrected chi connectivity index (χ4v) is 4.84. The second-order valence-electron chi connectivity index (χ2n) is 8.76. The summed E-state index contributed by atoms with van der Waals surface area (Å²) in [7, 11) is 1.67. The highest BCUT2D eigenvalue weighted by Gasteiger charge is 2.36. The first-order valence-electron chi connectivity index (χ1n) is 11.8. The molecule has 0 bridgehead atoms. The van der Waals surface area contributed by atoms with Crippen molar-refractivity contribution in [3.8, 4) is 16.9 Å². The van der Waals surface area contributed by atoms with Crippen molar-refractivity contribution in [1.29, 1.82) is 0 Å². The van der Waals surface area contributed by atoms with Crippen LogP contribution in [0.4, 0.5) is 22.9 Å². The van der Waals surface area contributed by atoms with Crippen molar-refractivity contribution in [2.24, 2.45) is 5.11 Å². The number of nitrogens with one attached hydrogen (secondary N) is 1. The number of ether oxygens (including phenoxy) is 1. The third-order valence-electron chi connectivity index (χ3n) is 6.42. The maximum Gasteiger partial charge on any atom is 0.355 e. The molecule has 1 atom stereocenters. The topological polar surface area (TPSA) is 49.5 Å². The molecule has 1 unspecified atom stereocenters. The molecule has 1 aliphatic rings. The molecule has 0 radical (unpaired) electrons. The zero-order valence-electron chi connectivity index (χ0n) is 19.9. The molecule has 1 N–H and O–H groups in total. The minimum atomic E-state index is -0.0546. The smallest absolute Gasteiger partial charge is 0.355 e. The van der Waals surface area contributed by atoms with E-state index in [9.17, 15) is 0 Å². The Bertz CT molecular complexity index is 1600. The van der Waals surface area contributed by atoms with Crippen LogP contribution in [0.2, 0.25) is 5.02 Å². The van der Waals surface area contributed by atoms with Crippen LogP contribution in [0.5, 0.6) is 5.75 Å². The molecule has 0 amide bonds. The van der Waals surface area contributed by atoms with Gasteiger partial charge in [0.2, 0.25) is 0 Å². The summed E-state index contributed by atoms with van der Waals surface area (Å²) in [5.41, 5.74) is 7.18. The standard InChI is InChI=1S/C30H24ClN4O/c1-19-28-29(20-8-10-21(31)11-9-20)26-18-23(32-22-12-15-25(36-2)16-13-22)14-17-27(26)33-30(28)35(34-19)24-6-4-3-5-7-24/h3-19,32H,1-2H3/q+1. The SMILES string of the molecule is COc1ccc(Nc2ccc3nc4c(c(-c5ccc(Cl)cc5)c3c2)C(C)N=[N+]4c2ccccc2)cc1. The quantitative estimate of drug-likeness (QED) is 0.250. The normalized spacial score (nSPS) is 14.4. The van der Waals surface area contributed by atoms with Crippen LogP contribution in [0.15, 0.2) is 102 Å². The Morgan fingerprint density at radius 3 is 2.31 bits per heavy atom. The summed E-state index contributed by atoms with van der Waals surface area (Å²) in [6, 6.07) is 32.3. The predicted octanol–water partition coefficient (Wildman–Crippen LogP) is 8.67. The van der Waals surface area contributed by atoms with E-state index in [0.717, 1.165) is 56.2 Å². The number of methoxy groups -OCH3 is 1. The molecule has 0 aliphatic carbocycles. The van der Waals surface area contributed by atoms with Gasteiger partial charge in [0.15, 0.2) is 11.2 Å². The Hall–Kier alpha value is -4.22. The zero-order chi connectivity index (χ0) is 24.6. The van der Waals surface area contributed by atoms with Gasteiger partial charge < -0.3 is 10.1 Å². The van der Waals surface area contributed by atoms with Crippen LogP contribution in [0, 0.1) is 0 Å². The van der Waals surface area contributed by atoms with Crippen molar-refractivity contribution in [3.05, 3.63) is 108 Å². The molecule has 0 spiro atoms. The Balaban J connectivity index is 1.54. The van der Waals surface area contributed by atoms with Crippen LogP contribution < -0.4 is 14.8 Å². The number of halogens is 1. The van der Waals surface area contributed by atoms with E-state index in [2.05, 4.69) is 54.7 Å². The maximum absolute atomic E-state index is 6.25. The van der Waals surface area contributed by atoms with Gasteiger partial charge in [-0.3, -0.25) is 0 Å². The van der Waals surface area contributed by atoms with Crippen molar-refractivity contribution in [2.45, 2.75) is 13.0 Å². The number of fused-ring (bicyclic) bond motifs is 2. The van der Waals surface area contributed by atoms with Crippen molar-refractivity contribution in [2.75, 3.05) is 12.4 Å². The van der Waals surface area contributed by atoms with E-state index in [1.165, 1.54) is 0 Å². The van der Waals surface area contributed by atoms with Crippen LogP contribution in [0.3, 0.4) is 0 Å². The van der Waals surface area contributed by atoms with Crippen LogP contribution in [-0.2, 0) is 0 Å². The number of rotatable bonds is 5. The molecule has 5 aromatic rings. The average molecular weight is 492 g/mol. The molecule has 6 rings (SSSR count). The maximum atomic E-state index is 6.25. The van der Waals surface area contributed by atoms with Gasteiger partial charge in [-0.25, -0.2) is 0 Å². The molecule has 5 nitrogen and oxygen atoms in total. The van der Waals surface area contributed by atoms with Gasteiger partial charge in [-0.2, -0.15) is 0 Å². The molecule has 0 saturated heterocycles. The van der Waals surface area contributed by atoms with Crippen molar-refractivity contribution in [1.82, 2.24) is 9.68 Å². The number of para-hydroxylation sites is 1. The summed E-state index contributed by atoms with van der Waals surface area (Å²) in [5, 5.41) is 10.3. The van der Waals surface area contributed by atoms with Crippen LogP contribution in [0.1, 0.15) is 18.5 Å². The number of pyridine rings is 1. The lowest BCUT2D eigenvalue weighted by Gasteiger charge is -2.13. The molecule has 0 saturated carbocycles. The van der Waals surface area contributed by atoms with Gasteiger partial charge in [-0.05, 0) is 84.2 Å². The second kappa shape index (κ2) is 9.10. The van der Waals surface area contributed by atoms with Gasteiger partial charge in [0.1, 0.15) is 11.8 Å². The van der Waals surface area contributed by atoms with Crippen LogP contribution in [-0.4, -0.2) is 12.1 Å². The average Bonchev–Trinajstić information content (AvgIpc) is 3.25. The summed E-state index contributed by atoms with van der Waals surface area (Å²) >= 11 is 6.25. The third kappa shape index (κ3) is 3.97. The number of anilines is 2. The fourth-order valence-electron chi connectivity index (χ4n) is 4.71. The number of hydrogen-bond donors (Lipinski definition) is 1. The first-order chi connectivity index (χ1) is 17.6. The van der Waals surface area contributed by atoms with Crippen molar-refractivity contribution >= 4 is 45.4 Å². The fraction of sp³-hybridized carbons (Fsp3) is 0.100. The van der Waals surface area contributed by atoms with Crippen molar-refractivity contribution < 1.29 is 4.74 Å². The molecule has 36 heavy (non-hydrogen) atoms. The van der Waals surface area contributed by atoms with E-state index in [1.54, 1.807) is 7.11 Å². The molecule has 176 valence electrons. The van der Waals surface area contributed by atoms with Crippen LogP contribution >= 0.6 is 11.6 Å².